The van der Waals surface area contributed by atoms with E-state index in [2.05, 4.69) is 19.7 Å². The van der Waals surface area contributed by atoms with Crippen LogP contribution in [0.15, 0.2) is 17.1 Å². The summed E-state index contributed by atoms with van der Waals surface area (Å²) in [5.74, 6) is 1.37. The fraction of sp³-hybridized carbons (Fsp3) is 0.800. The highest BCUT2D eigenvalue weighted by Gasteiger charge is 2.71. The van der Waals surface area contributed by atoms with E-state index in [-0.39, 0.29) is 16.6 Å². The second-order valence-electron chi connectivity index (χ2n) is 9.29. The Morgan fingerprint density at radius 1 is 1.26 bits per heavy atom. The molecule has 5 fully saturated rings. The van der Waals surface area contributed by atoms with Crippen LogP contribution in [-0.2, 0) is 4.79 Å². The Bertz CT molecular complexity index is 640. The number of hydrogen-bond donors (Lipinski definition) is 1. The Kier molecular flexibility index (Phi) is 2.61. The minimum atomic E-state index is -0.534. The quantitative estimate of drug-likeness (QED) is 0.698. The Balaban J connectivity index is 1.70. The molecule has 1 N–H and O–H groups in total. The van der Waals surface area contributed by atoms with E-state index in [9.17, 15) is 9.90 Å². The van der Waals surface area contributed by atoms with Gasteiger partial charge in [0.1, 0.15) is 0 Å². The van der Waals surface area contributed by atoms with Crippen molar-refractivity contribution >= 4 is 12.0 Å². The van der Waals surface area contributed by atoms with E-state index < -0.39 is 11.5 Å². The van der Waals surface area contributed by atoms with Gasteiger partial charge in [-0.2, -0.15) is 0 Å². The number of hydrogen-bond acceptors (Lipinski definition) is 3. The Morgan fingerprint density at radius 3 is 2.91 bits per heavy atom. The molecule has 0 amide bonds. The van der Waals surface area contributed by atoms with Gasteiger partial charge < -0.3 is 5.11 Å². The van der Waals surface area contributed by atoms with Crippen LogP contribution in [0, 0.1) is 34.0 Å². The molecule has 0 aromatic carbocycles. The number of fused-ring (bicyclic) bond motifs is 2. The molecule has 1 spiro atoms. The molecule has 5 aliphatic carbocycles. The van der Waals surface area contributed by atoms with Crippen LogP contribution in [0.1, 0.15) is 51.9 Å². The first-order valence-electron chi connectivity index (χ1n) is 9.37. The van der Waals surface area contributed by atoms with Crippen LogP contribution in [0.5, 0.6) is 0 Å². The first kappa shape index (κ1) is 14.4. The zero-order chi connectivity index (χ0) is 16.0. The van der Waals surface area contributed by atoms with Crippen LogP contribution in [-0.4, -0.2) is 29.8 Å². The van der Waals surface area contributed by atoms with Gasteiger partial charge in [-0.1, -0.05) is 19.9 Å². The highest BCUT2D eigenvalue weighted by Crippen LogP contribution is 2.71. The third-order valence-electron chi connectivity index (χ3n) is 8.62. The molecule has 7 atom stereocenters. The topological polar surface area (TPSA) is 49.7 Å². The van der Waals surface area contributed by atoms with Gasteiger partial charge in [-0.25, -0.2) is 0 Å². The fourth-order valence-electron chi connectivity index (χ4n) is 7.61. The maximum atomic E-state index is 13.2. The van der Waals surface area contributed by atoms with Crippen LogP contribution in [0.4, 0.5) is 0 Å². The third-order valence-corrected chi connectivity index (χ3v) is 8.62. The number of aliphatic hydroxyl groups is 1. The minimum Gasteiger partial charge on any atom is -0.392 e. The summed E-state index contributed by atoms with van der Waals surface area (Å²) >= 11 is 0. The van der Waals surface area contributed by atoms with E-state index in [0.29, 0.717) is 17.8 Å². The molecule has 6 aliphatic rings. The average molecular weight is 313 g/mol. The molecule has 3 heteroatoms. The van der Waals surface area contributed by atoms with Crippen LogP contribution in [0.3, 0.4) is 0 Å². The lowest BCUT2D eigenvalue weighted by atomic mass is 9.35. The third kappa shape index (κ3) is 1.43. The van der Waals surface area contributed by atoms with Gasteiger partial charge in [0.15, 0.2) is 5.78 Å². The number of carbonyl (C=O) groups is 1. The molecule has 3 nitrogen and oxygen atoms in total. The number of allylic oxidation sites excluding steroid dienone is 1. The van der Waals surface area contributed by atoms with Gasteiger partial charge in [0.25, 0.3) is 0 Å². The maximum absolute atomic E-state index is 13.2. The summed E-state index contributed by atoms with van der Waals surface area (Å²) in [5.41, 5.74) is 0.540. The second-order valence-corrected chi connectivity index (χ2v) is 9.29. The van der Waals surface area contributed by atoms with Crippen molar-refractivity contribution in [3.8, 4) is 0 Å². The molecule has 6 rings (SSSR count). The first-order chi connectivity index (χ1) is 10.9. The molecule has 4 bridgehead atoms. The van der Waals surface area contributed by atoms with Crippen LogP contribution in [0.2, 0.25) is 0 Å². The minimum absolute atomic E-state index is 0.121. The van der Waals surface area contributed by atoms with Gasteiger partial charge in [-0.15, -0.1) is 0 Å². The van der Waals surface area contributed by atoms with E-state index in [1.807, 2.05) is 0 Å². The molecular formula is C20H27NO2. The fourth-order valence-corrected chi connectivity index (χ4v) is 7.61. The molecule has 0 aromatic heterocycles. The highest BCUT2D eigenvalue weighted by atomic mass is 16.3. The lowest BCUT2D eigenvalue weighted by molar-refractivity contribution is -0.211. The number of carbonyl (C=O) groups excluding carboxylic acids is 1. The summed E-state index contributed by atoms with van der Waals surface area (Å²) in [5, 5.41) is 11.2. The lowest BCUT2D eigenvalue weighted by Crippen LogP contribution is -2.70. The van der Waals surface area contributed by atoms with Crippen molar-refractivity contribution in [1.82, 2.24) is 0 Å². The normalized spacial score (nSPS) is 57.1. The molecule has 1 heterocycles. The Labute approximate surface area is 138 Å². The number of aliphatic hydroxyl groups excluding tert-OH is 1. The van der Waals surface area contributed by atoms with Crippen LogP contribution >= 0.6 is 0 Å². The van der Waals surface area contributed by atoms with Gasteiger partial charge in [0, 0.05) is 18.2 Å². The molecule has 124 valence electrons. The summed E-state index contributed by atoms with van der Waals surface area (Å²) in [7, 11) is 0. The number of nitrogens with zero attached hydrogens (tertiary/aromatic N) is 1. The predicted molar refractivity (Wildman–Crippen MR) is 89.3 cm³/mol. The van der Waals surface area contributed by atoms with Crippen molar-refractivity contribution in [2.75, 3.05) is 6.54 Å². The van der Waals surface area contributed by atoms with Gasteiger partial charge >= 0.3 is 0 Å². The van der Waals surface area contributed by atoms with Crippen LogP contribution in [0.25, 0.3) is 0 Å². The van der Waals surface area contributed by atoms with Gasteiger partial charge in [-0.3, -0.25) is 9.79 Å². The SMILES string of the molecule is C=C1C(=O)C23CC[C@H]1CC2[C@@]12CCC[C@@](C)(C=NC1)C2C[C@H]3O. The molecule has 0 aromatic rings. The van der Waals surface area contributed by atoms with Crippen LogP contribution < -0.4 is 0 Å². The number of rotatable bonds is 0. The second kappa shape index (κ2) is 4.17. The van der Waals surface area contributed by atoms with Crippen molar-refractivity contribution < 1.29 is 9.90 Å². The van der Waals surface area contributed by atoms with Gasteiger partial charge in [0.05, 0.1) is 11.5 Å². The standard InChI is InChI=1S/C20H27NO2/c1-12-13-4-7-20(17(12)23)15(8-13)19-6-3-5-18(2,10-21-11-19)14(19)9-16(20)22/h10,13-16,22H,1,3-9,11H2,2H3/t13-,14?,15?,16+,18-,19-,20?/m0/s1. The van der Waals surface area contributed by atoms with Crippen molar-refractivity contribution in [3.05, 3.63) is 12.2 Å². The molecule has 0 radical (unpaired) electrons. The lowest BCUT2D eigenvalue weighted by Gasteiger charge is -2.69. The van der Waals surface area contributed by atoms with E-state index >= 15 is 0 Å². The largest absolute Gasteiger partial charge is 0.392 e. The molecule has 1 aliphatic heterocycles. The number of ketones is 1. The van der Waals surface area contributed by atoms with Gasteiger partial charge in [-0.05, 0) is 67.3 Å². The van der Waals surface area contributed by atoms with Crippen molar-refractivity contribution in [1.29, 1.82) is 0 Å². The number of Topliss-reactive ketones (excluding diaryl/α,β-unsaturated/α-hetero) is 1. The maximum Gasteiger partial charge on any atom is 0.167 e. The zero-order valence-electron chi connectivity index (χ0n) is 14.1. The highest BCUT2D eigenvalue weighted by molar-refractivity contribution is 6.02. The molecule has 3 unspecified atom stereocenters. The van der Waals surface area contributed by atoms with E-state index in [1.54, 1.807) is 0 Å². The average Bonchev–Trinajstić information content (AvgIpc) is 2.52. The summed E-state index contributed by atoms with van der Waals surface area (Å²) in [6.45, 7) is 7.31. The number of aliphatic imine (C=N–C) groups is 1. The molecule has 0 saturated heterocycles. The predicted octanol–water partition coefficient (Wildman–Crippen LogP) is 3.17. The molecule has 5 saturated carbocycles. The molecule has 23 heavy (non-hydrogen) atoms. The summed E-state index contributed by atoms with van der Waals surface area (Å²) in [6.07, 6.45) is 9.06. The Hall–Kier alpha value is -0.960. The Morgan fingerprint density at radius 2 is 2.09 bits per heavy atom. The monoisotopic (exact) mass is 313 g/mol. The van der Waals surface area contributed by atoms with Crippen molar-refractivity contribution in [3.63, 3.8) is 0 Å². The van der Waals surface area contributed by atoms with Crippen molar-refractivity contribution in [2.45, 2.75) is 58.0 Å². The van der Waals surface area contributed by atoms with E-state index in [4.69, 9.17) is 4.99 Å². The summed E-state index contributed by atoms with van der Waals surface area (Å²) in [4.78, 5) is 18.0. The summed E-state index contributed by atoms with van der Waals surface area (Å²) < 4.78 is 0. The first-order valence-corrected chi connectivity index (χ1v) is 9.37. The summed E-state index contributed by atoms with van der Waals surface area (Å²) in [6, 6.07) is 0. The molecular weight excluding hydrogens is 286 g/mol. The van der Waals surface area contributed by atoms with E-state index in [0.717, 1.165) is 37.8 Å². The van der Waals surface area contributed by atoms with Crippen molar-refractivity contribution in [2.24, 2.45) is 39.0 Å². The van der Waals surface area contributed by atoms with E-state index in [1.165, 1.54) is 19.3 Å². The van der Waals surface area contributed by atoms with Gasteiger partial charge in [0.2, 0.25) is 0 Å². The zero-order valence-corrected chi connectivity index (χ0v) is 14.1. The smallest absolute Gasteiger partial charge is 0.167 e.